The number of benzene rings is 1. The van der Waals surface area contributed by atoms with E-state index in [0.29, 0.717) is 17.3 Å². The van der Waals surface area contributed by atoms with Gasteiger partial charge >= 0.3 is 5.97 Å². The molecule has 0 unspecified atom stereocenters. The van der Waals surface area contributed by atoms with Crippen molar-refractivity contribution in [2.75, 3.05) is 24.5 Å². The van der Waals surface area contributed by atoms with Crippen LogP contribution < -0.4 is 10.2 Å². The minimum Gasteiger partial charge on any atom is -0.480 e. The van der Waals surface area contributed by atoms with E-state index in [0.717, 1.165) is 19.4 Å². The van der Waals surface area contributed by atoms with Crippen LogP contribution in [0.3, 0.4) is 0 Å². The number of piperidine rings is 1. The molecule has 1 atom stereocenters. The van der Waals surface area contributed by atoms with Gasteiger partial charge in [0.1, 0.15) is 6.54 Å². The van der Waals surface area contributed by atoms with E-state index in [9.17, 15) is 9.59 Å². The number of nitrogens with one attached hydrogen (secondary N) is 1. The zero-order chi connectivity index (χ0) is 14.5. The molecule has 0 aromatic heterocycles. The molecule has 0 aliphatic carbocycles. The molecule has 0 radical (unpaired) electrons. The predicted octanol–water partition coefficient (Wildman–Crippen LogP) is 1.76. The van der Waals surface area contributed by atoms with Crippen LogP contribution in [0.1, 0.15) is 12.8 Å². The number of nitrogens with zero attached hydrogens (tertiary/aromatic N) is 1. The van der Waals surface area contributed by atoms with E-state index in [4.69, 9.17) is 16.7 Å². The number of rotatable bonds is 4. The van der Waals surface area contributed by atoms with Crippen molar-refractivity contribution in [1.29, 1.82) is 0 Å². The summed E-state index contributed by atoms with van der Waals surface area (Å²) in [5.41, 5.74) is 0.562. The smallest absolute Gasteiger partial charge is 0.323 e. The Bertz CT molecular complexity index is 484. The molecule has 1 amide bonds. The van der Waals surface area contributed by atoms with Gasteiger partial charge in [0.2, 0.25) is 5.91 Å². The van der Waals surface area contributed by atoms with Crippen molar-refractivity contribution in [2.24, 2.45) is 5.92 Å². The third kappa shape index (κ3) is 3.71. The molecule has 2 N–H and O–H groups in total. The van der Waals surface area contributed by atoms with E-state index in [1.165, 1.54) is 4.90 Å². The third-order valence-electron chi connectivity index (χ3n) is 3.34. The van der Waals surface area contributed by atoms with Gasteiger partial charge in [0, 0.05) is 17.3 Å². The molecular formula is C14H17ClN2O3. The normalized spacial score (nSPS) is 18.6. The van der Waals surface area contributed by atoms with Gasteiger partial charge in [-0.3, -0.25) is 9.59 Å². The van der Waals surface area contributed by atoms with Gasteiger partial charge in [-0.2, -0.15) is 0 Å². The maximum absolute atomic E-state index is 12.5. The second-order valence-electron chi connectivity index (χ2n) is 4.84. The summed E-state index contributed by atoms with van der Waals surface area (Å²) in [5.74, 6) is -1.35. The lowest BCUT2D eigenvalue weighted by molar-refractivity contribution is -0.137. The van der Waals surface area contributed by atoms with Gasteiger partial charge in [0.25, 0.3) is 0 Å². The van der Waals surface area contributed by atoms with Crippen molar-refractivity contribution < 1.29 is 14.7 Å². The maximum Gasteiger partial charge on any atom is 0.323 e. The van der Waals surface area contributed by atoms with Crippen LogP contribution in [0.2, 0.25) is 5.02 Å². The summed E-state index contributed by atoms with van der Waals surface area (Å²) in [6.07, 6.45) is 1.72. The van der Waals surface area contributed by atoms with Gasteiger partial charge < -0.3 is 15.3 Å². The van der Waals surface area contributed by atoms with Crippen molar-refractivity contribution in [1.82, 2.24) is 5.32 Å². The number of carboxylic acids is 1. The highest BCUT2D eigenvalue weighted by molar-refractivity contribution is 6.30. The van der Waals surface area contributed by atoms with E-state index >= 15 is 0 Å². The third-order valence-corrected chi connectivity index (χ3v) is 3.60. The second kappa shape index (κ2) is 6.72. The number of carbonyl (C=O) groups is 2. The fraction of sp³-hybridized carbons (Fsp3) is 0.429. The number of carbonyl (C=O) groups excluding carboxylic acids is 1. The Hall–Kier alpha value is -1.59. The topological polar surface area (TPSA) is 69.6 Å². The Morgan fingerprint density at radius 3 is 2.60 bits per heavy atom. The first-order valence-corrected chi connectivity index (χ1v) is 6.95. The van der Waals surface area contributed by atoms with E-state index in [1.54, 1.807) is 24.3 Å². The minimum absolute atomic E-state index is 0.151. The van der Waals surface area contributed by atoms with Crippen LogP contribution in [0.25, 0.3) is 0 Å². The number of hydrogen-bond acceptors (Lipinski definition) is 3. The highest BCUT2D eigenvalue weighted by atomic mass is 35.5. The lowest BCUT2D eigenvalue weighted by Gasteiger charge is -2.28. The van der Waals surface area contributed by atoms with Crippen LogP contribution in [0.5, 0.6) is 0 Å². The molecule has 0 bridgehead atoms. The number of anilines is 1. The highest BCUT2D eigenvalue weighted by Gasteiger charge is 2.28. The number of halogens is 1. The molecule has 1 aromatic carbocycles. The number of amides is 1. The molecule has 2 rings (SSSR count). The molecule has 1 aliphatic rings. The van der Waals surface area contributed by atoms with Gasteiger partial charge in [0.15, 0.2) is 0 Å². The monoisotopic (exact) mass is 296 g/mol. The molecule has 1 aromatic rings. The molecule has 1 aliphatic heterocycles. The molecular weight excluding hydrogens is 280 g/mol. The van der Waals surface area contributed by atoms with Crippen LogP contribution in [0.4, 0.5) is 5.69 Å². The van der Waals surface area contributed by atoms with E-state index in [2.05, 4.69) is 5.32 Å². The molecule has 0 saturated carbocycles. The Kier molecular flexibility index (Phi) is 4.98. The van der Waals surface area contributed by atoms with E-state index in [-0.39, 0.29) is 18.4 Å². The summed E-state index contributed by atoms with van der Waals surface area (Å²) in [5, 5.41) is 12.7. The van der Waals surface area contributed by atoms with Crippen LogP contribution in [0, 0.1) is 5.92 Å². The van der Waals surface area contributed by atoms with Crippen LogP contribution in [-0.2, 0) is 9.59 Å². The summed E-state index contributed by atoms with van der Waals surface area (Å²) in [7, 11) is 0. The highest BCUT2D eigenvalue weighted by Crippen LogP contribution is 2.22. The standard InChI is InChI=1S/C14H17ClN2O3/c15-11-3-5-12(6-4-11)17(9-13(18)19)14(20)10-2-1-7-16-8-10/h3-6,10,16H,1-2,7-9H2,(H,18,19)/t10-/m0/s1. The Morgan fingerprint density at radius 2 is 2.05 bits per heavy atom. The zero-order valence-electron chi connectivity index (χ0n) is 11.0. The molecule has 0 spiro atoms. The van der Waals surface area contributed by atoms with Crippen molar-refractivity contribution in [3.8, 4) is 0 Å². The fourth-order valence-corrected chi connectivity index (χ4v) is 2.46. The van der Waals surface area contributed by atoms with Crippen molar-refractivity contribution in [3.05, 3.63) is 29.3 Å². The molecule has 6 heteroatoms. The van der Waals surface area contributed by atoms with Crippen LogP contribution in [-0.4, -0.2) is 36.6 Å². The van der Waals surface area contributed by atoms with Crippen LogP contribution in [0.15, 0.2) is 24.3 Å². The van der Waals surface area contributed by atoms with Crippen molar-refractivity contribution in [3.63, 3.8) is 0 Å². The average molecular weight is 297 g/mol. The first-order chi connectivity index (χ1) is 9.58. The lowest BCUT2D eigenvalue weighted by Crippen LogP contribution is -2.45. The van der Waals surface area contributed by atoms with Gasteiger partial charge in [0.05, 0.1) is 5.92 Å². The maximum atomic E-state index is 12.5. The van der Waals surface area contributed by atoms with Gasteiger partial charge in [-0.15, -0.1) is 0 Å². The summed E-state index contributed by atoms with van der Waals surface area (Å²) in [6.45, 7) is 1.17. The molecule has 108 valence electrons. The van der Waals surface area contributed by atoms with E-state index in [1.807, 2.05) is 0 Å². The molecule has 1 heterocycles. The first kappa shape index (κ1) is 14.8. The molecule has 5 nitrogen and oxygen atoms in total. The zero-order valence-corrected chi connectivity index (χ0v) is 11.8. The Morgan fingerprint density at radius 1 is 1.35 bits per heavy atom. The van der Waals surface area contributed by atoms with E-state index < -0.39 is 5.97 Å². The second-order valence-corrected chi connectivity index (χ2v) is 5.27. The fourth-order valence-electron chi connectivity index (χ4n) is 2.34. The van der Waals surface area contributed by atoms with Gasteiger partial charge in [-0.25, -0.2) is 0 Å². The summed E-state index contributed by atoms with van der Waals surface area (Å²) in [6, 6.07) is 6.63. The van der Waals surface area contributed by atoms with Crippen LogP contribution >= 0.6 is 11.6 Å². The minimum atomic E-state index is -1.03. The molecule has 1 fully saturated rings. The summed E-state index contributed by atoms with van der Waals surface area (Å²) >= 11 is 5.82. The quantitative estimate of drug-likeness (QED) is 0.888. The number of hydrogen-bond donors (Lipinski definition) is 2. The average Bonchev–Trinajstić information content (AvgIpc) is 2.46. The SMILES string of the molecule is O=C(O)CN(C(=O)[C@H]1CCCNC1)c1ccc(Cl)cc1. The van der Waals surface area contributed by atoms with Gasteiger partial charge in [-0.05, 0) is 43.7 Å². The number of aliphatic carboxylic acids is 1. The number of carboxylic acid groups (broad SMARTS) is 1. The van der Waals surface area contributed by atoms with Gasteiger partial charge in [-0.1, -0.05) is 11.6 Å². The summed E-state index contributed by atoms with van der Waals surface area (Å²) in [4.78, 5) is 24.8. The first-order valence-electron chi connectivity index (χ1n) is 6.57. The molecule has 20 heavy (non-hydrogen) atoms. The molecule has 1 saturated heterocycles. The Labute approximate surface area is 122 Å². The Balaban J connectivity index is 2.19. The van der Waals surface area contributed by atoms with Crippen molar-refractivity contribution >= 4 is 29.2 Å². The van der Waals surface area contributed by atoms with Crippen molar-refractivity contribution in [2.45, 2.75) is 12.8 Å². The predicted molar refractivity (Wildman–Crippen MR) is 77.0 cm³/mol. The summed E-state index contributed by atoms with van der Waals surface area (Å²) < 4.78 is 0. The lowest BCUT2D eigenvalue weighted by atomic mass is 9.98. The largest absolute Gasteiger partial charge is 0.480 e.